The third kappa shape index (κ3) is 1.88. The summed E-state index contributed by atoms with van der Waals surface area (Å²) in [5.74, 6) is 0.133. The van der Waals surface area contributed by atoms with Gasteiger partial charge in [-0.3, -0.25) is 4.79 Å². The molecule has 18 heavy (non-hydrogen) atoms. The van der Waals surface area contributed by atoms with E-state index in [2.05, 4.69) is 10.4 Å². The monoisotopic (exact) mass is 244 g/mol. The summed E-state index contributed by atoms with van der Waals surface area (Å²) in [5.41, 5.74) is 1.00. The molecule has 0 aliphatic heterocycles. The number of aromatic nitrogens is 3. The molecule has 1 N–H and O–H groups in total. The molecule has 3 heterocycles. The average Bonchev–Trinajstić information content (AvgIpc) is 3.07. The first-order chi connectivity index (χ1) is 8.84. The van der Waals surface area contributed by atoms with Crippen LogP contribution in [0.2, 0.25) is 0 Å². The van der Waals surface area contributed by atoms with E-state index < -0.39 is 0 Å². The van der Waals surface area contributed by atoms with Crippen molar-refractivity contribution in [3.05, 3.63) is 48.8 Å². The first kappa shape index (κ1) is 10.6. The average molecular weight is 244 g/mol. The van der Waals surface area contributed by atoms with Crippen LogP contribution in [0.1, 0.15) is 10.6 Å². The molecule has 3 aromatic heterocycles. The summed E-state index contributed by atoms with van der Waals surface area (Å²) in [6.07, 6.45) is 7.04. The van der Waals surface area contributed by atoms with Crippen molar-refractivity contribution in [2.45, 2.75) is 6.54 Å². The molecule has 0 atom stereocenters. The second-order valence-electron chi connectivity index (χ2n) is 3.86. The van der Waals surface area contributed by atoms with Gasteiger partial charge in [0, 0.05) is 31.5 Å². The molecule has 6 heteroatoms. The molecule has 0 bridgehead atoms. The van der Waals surface area contributed by atoms with E-state index >= 15 is 0 Å². The smallest absolute Gasteiger partial charge is 0.287 e. The number of nitrogens with zero attached hydrogens (tertiary/aromatic N) is 3. The summed E-state index contributed by atoms with van der Waals surface area (Å²) < 4.78 is 8.82. The summed E-state index contributed by atoms with van der Waals surface area (Å²) in [7, 11) is 0. The van der Waals surface area contributed by atoms with Gasteiger partial charge in [0.05, 0.1) is 12.5 Å². The predicted molar refractivity (Wildman–Crippen MR) is 64.2 cm³/mol. The maximum atomic E-state index is 11.6. The van der Waals surface area contributed by atoms with E-state index in [0.717, 1.165) is 5.65 Å². The van der Waals surface area contributed by atoms with Crippen molar-refractivity contribution in [1.29, 1.82) is 0 Å². The molecule has 0 aliphatic carbocycles. The fourth-order valence-corrected chi connectivity index (χ4v) is 1.84. The largest absolute Gasteiger partial charge is 0.459 e. The van der Waals surface area contributed by atoms with E-state index in [4.69, 9.17) is 4.42 Å². The SMILES string of the molecule is O=C(NCCn1ccn2nccc12)c1ccco1. The molecule has 0 saturated carbocycles. The molecule has 0 unspecified atom stereocenters. The van der Waals surface area contributed by atoms with Gasteiger partial charge < -0.3 is 14.3 Å². The Bertz CT molecular complexity index is 651. The Kier molecular flexibility index (Phi) is 2.60. The molecule has 0 radical (unpaired) electrons. The number of imidazole rings is 1. The quantitative estimate of drug-likeness (QED) is 0.749. The van der Waals surface area contributed by atoms with Crippen LogP contribution >= 0.6 is 0 Å². The molecule has 6 nitrogen and oxygen atoms in total. The van der Waals surface area contributed by atoms with Gasteiger partial charge in [0.1, 0.15) is 5.65 Å². The van der Waals surface area contributed by atoms with Gasteiger partial charge in [0.15, 0.2) is 5.76 Å². The molecule has 0 fully saturated rings. The lowest BCUT2D eigenvalue weighted by Gasteiger charge is -2.04. The zero-order valence-electron chi connectivity index (χ0n) is 9.61. The Morgan fingerprint density at radius 3 is 3.17 bits per heavy atom. The highest BCUT2D eigenvalue weighted by atomic mass is 16.3. The molecule has 0 aromatic carbocycles. The second kappa shape index (κ2) is 4.40. The van der Waals surface area contributed by atoms with Crippen molar-refractivity contribution in [3.8, 4) is 0 Å². The Morgan fingerprint density at radius 1 is 1.39 bits per heavy atom. The van der Waals surface area contributed by atoms with E-state index in [-0.39, 0.29) is 5.91 Å². The fourth-order valence-electron chi connectivity index (χ4n) is 1.84. The predicted octanol–water partition coefficient (Wildman–Crippen LogP) is 1.16. The van der Waals surface area contributed by atoms with Gasteiger partial charge in [-0.1, -0.05) is 0 Å². The molecule has 0 aliphatic rings. The van der Waals surface area contributed by atoms with Gasteiger partial charge in [-0.2, -0.15) is 5.10 Å². The van der Waals surface area contributed by atoms with Crippen LogP contribution < -0.4 is 5.32 Å². The molecule has 0 saturated heterocycles. The van der Waals surface area contributed by atoms with Crippen LogP contribution in [-0.4, -0.2) is 26.6 Å². The van der Waals surface area contributed by atoms with Gasteiger partial charge in [0.2, 0.25) is 0 Å². The van der Waals surface area contributed by atoms with Crippen molar-refractivity contribution < 1.29 is 9.21 Å². The fraction of sp³-hybridized carbons (Fsp3) is 0.167. The van der Waals surface area contributed by atoms with E-state index in [1.54, 1.807) is 22.8 Å². The van der Waals surface area contributed by atoms with Crippen LogP contribution in [0.15, 0.2) is 47.5 Å². The zero-order valence-corrected chi connectivity index (χ0v) is 9.61. The Balaban J connectivity index is 1.59. The Morgan fingerprint density at radius 2 is 2.33 bits per heavy atom. The number of amides is 1. The van der Waals surface area contributed by atoms with Crippen molar-refractivity contribution in [2.75, 3.05) is 6.54 Å². The lowest BCUT2D eigenvalue weighted by atomic mass is 10.4. The minimum absolute atomic E-state index is 0.198. The van der Waals surface area contributed by atoms with Gasteiger partial charge in [-0.05, 0) is 12.1 Å². The summed E-state index contributed by atoms with van der Waals surface area (Å²) in [5, 5.41) is 6.91. The third-order valence-corrected chi connectivity index (χ3v) is 2.71. The van der Waals surface area contributed by atoms with Crippen molar-refractivity contribution >= 4 is 11.6 Å². The number of furan rings is 1. The summed E-state index contributed by atoms with van der Waals surface area (Å²) >= 11 is 0. The van der Waals surface area contributed by atoms with Crippen LogP contribution in [0.3, 0.4) is 0 Å². The van der Waals surface area contributed by atoms with Crippen LogP contribution in [0, 0.1) is 0 Å². The van der Waals surface area contributed by atoms with Gasteiger partial charge in [0.25, 0.3) is 5.91 Å². The Labute approximate surface area is 103 Å². The molecule has 92 valence electrons. The molecule has 0 spiro atoms. The van der Waals surface area contributed by atoms with Gasteiger partial charge >= 0.3 is 0 Å². The van der Waals surface area contributed by atoms with Crippen LogP contribution in [0.5, 0.6) is 0 Å². The van der Waals surface area contributed by atoms with E-state index in [9.17, 15) is 4.79 Å². The lowest BCUT2D eigenvalue weighted by molar-refractivity contribution is 0.0924. The standard InChI is InChI=1S/C12H12N4O2/c17-12(10-2-1-9-18-10)13-5-6-15-7-8-16-11(15)3-4-14-16/h1-4,7-9H,5-6H2,(H,13,17). The topological polar surface area (TPSA) is 64.5 Å². The minimum Gasteiger partial charge on any atom is -0.459 e. The van der Waals surface area contributed by atoms with Crippen LogP contribution in [-0.2, 0) is 6.54 Å². The molecule has 3 aromatic rings. The maximum absolute atomic E-state index is 11.6. The van der Waals surface area contributed by atoms with Gasteiger partial charge in [-0.15, -0.1) is 0 Å². The van der Waals surface area contributed by atoms with E-state index in [1.807, 2.05) is 23.0 Å². The van der Waals surface area contributed by atoms with E-state index in [0.29, 0.717) is 18.8 Å². The van der Waals surface area contributed by atoms with E-state index in [1.165, 1.54) is 6.26 Å². The summed E-state index contributed by atoms with van der Waals surface area (Å²) in [4.78, 5) is 11.6. The van der Waals surface area contributed by atoms with Crippen LogP contribution in [0.25, 0.3) is 5.65 Å². The first-order valence-corrected chi connectivity index (χ1v) is 5.65. The highest BCUT2D eigenvalue weighted by Crippen LogP contribution is 2.03. The van der Waals surface area contributed by atoms with Gasteiger partial charge in [-0.25, -0.2) is 4.52 Å². The number of carbonyl (C=O) groups excluding carboxylic acids is 1. The highest BCUT2D eigenvalue weighted by molar-refractivity contribution is 5.91. The maximum Gasteiger partial charge on any atom is 0.287 e. The molecule has 1 amide bonds. The zero-order chi connectivity index (χ0) is 12.4. The highest BCUT2D eigenvalue weighted by Gasteiger charge is 2.07. The lowest BCUT2D eigenvalue weighted by Crippen LogP contribution is -2.26. The minimum atomic E-state index is -0.198. The first-order valence-electron chi connectivity index (χ1n) is 5.65. The number of carbonyl (C=O) groups is 1. The molecule has 3 rings (SSSR count). The second-order valence-corrected chi connectivity index (χ2v) is 3.86. The summed E-state index contributed by atoms with van der Waals surface area (Å²) in [6.45, 7) is 1.23. The van der Waals surface area contributed by atoms with Crippen LogP contribution in [0.4, 0.5) is 0 Å². The number of nitrogens with one attached hydrogen (secondary N) is 1. The molecular weight excluding hydrogens is 232 g/mol. The van der Waals surface area contributed by atoms with Crippen molar-refractivity contribution in [1.82, 2.24) is 19.5 Å². The van der Waals surface area contributed by atoms with Crippen molar-refractivity contribution in [2.24, 2.45) is 0 Å². The number of fused-ring (bicyclic) bond motifs is 1. The van der Waals surface area contributed by atoms with Crippen molar-refractivity contribution in [3.63, 3.8) is 0 Å². The number of hydrogen-bond donors (Lipinski definition) is 1. The normalized spacial score (nSPS) is 10.9. The number of hydrogen-bond acceptors (Lipinski definition) is 3. The summed E-state index contributed by atoms with van der Waals surface area (Å²) in [6, 6.07) is 5.26. The number of rotatable bonds is 4. The Hall–Kier alpha value is -2.50. The molecular formula is C12H12N4O2. The third-order valence-electron chi connectivity index (χ3n) is 2.71.